The standard InChI is InChI=1S/C24H21F5N4O3S/c25-14-1-2-16(19(26)18(14)21(35)33-20(34)12-3-7-30-8-4-12)36-11-17-32-15-9-13(10-31-22(15)37-17)23(5-6-23)24(27,28)29/h1-2,9-10,12,30H,3-8,11H2,(H,33,34,35). The molecule has 2 aliphatic rings. The highest BCUT2D eigenvalue weighted by atomic mass is 32.1. The van der Waals surface area contributed by atoms with Crippen LogP contribution in [-0.2, 0) is 16.8 Å². The third-order valence-corrected chi connectivity index (χ3v) is 7.67. The smallest absolute Gasteiger partial charge is 0.398 e. The van der Waals surface area contributed by atoms with Crippen LogP contribution in [0.4, 0.5) is 22.0 Å². The van der Waals surface area contributed by atoms with Gasteiger partial charge in [0.1, 0.15) is 33.3 Å². The summed E-state index contributed by atoms with van der Waals surface area (Å²) in [6.07, 6.45) is -2.19. The highest BCUT2D eigenvalue weighted by molar-refractivity contribution is 7.18. The lowest BCUT2D eigenvalue weighted by atomic mass is 9.97. The van der Waals surface area contributed by atoms with Crippen molar-refractivity contribution in [2.24, 2.45) is 5.92 Å². The van der Waals surface area contributed by atoms with E-state index in [-0.39, 0.29) is 30.5 Å². The van der Waals surface area contributed by atoms with E-state index in [1.807, 2.05) is 0 Å². The maximum absolute atomic E-state index is 15.0. The van der Waals surface area contributed by atoms with Crippen LogP contribution in [0.2, 0.25) is 0 Å². The summed E-state index contributed by atoms with van der Waals surface area (Å²) >= 11 is 1.05. The first-order valence-electron chi connectivity index (χ1n) is 11.6. The quantitative estimate of drug-likeness (QED) is 0.356. The van der Waals surface area contributed by atoms with Gasteiger partial charge in [0, 0.05) is 12.1 Å². The minimum absolute atomic E-state index is 0.00694. The number of carbonyl (C=O) groups is 2. The average Bonchev–Trinajstić information content (AvgIpc) is 3.59. The zero-order valence-electron chi connectivity index (χ0n) is 19.3. The van der Waals surface area contributed by atoms with Crippen molar-refractivity contribution < 1.29 is 36.3 Å². The Morgan fingerprint density at radius 2 is 1.92 bits per heavy atom. The first-order chi connectivity index (χ1) is 17.6. The lowest BCUT2D eigenvalue weighted by Gasteiger charge is -2.21. The van der Waals surface area contributed by atoms with Crippen molar-refractivity contribution in [1.29, 1.82) is 0 Å². The summed E-state index contributed by atoms with van der Waals surface area (Å²) in [6, 6.07) is 3.20. The number of imide groups is 1. The van der Waals surface area contributed by atoms with Crippen LogP contribution in [0.15, 0.2) is 24.4 Å². The van der Waals surface area contributed by atoms with Gasteiger partial charge in [0.05, 0.1) is 5.41 Å². The second-order valence-corrected chi connectivity index (χ2v) is 10.2. The Kier molecular flexibility index (Phi) is 6.61. The van der Waals surface area contributed by atoms with Crippen molar-refractivity contribution in [2.45, 2.75) is 43.9 Å². The first-order valence-corrected chi connectivity index (χ1v) is 12.4. The molecule has 37 heavy (non-hydrogen) atoms. The van der Waals surface area contributed by atoms with Crippen LogP contribution in [0, 0.1) is 17.6 Å². The van der Waals surface area contributed by atoms with Crippen LogP contribution in [0.25, 0.3) is 10.3 Å². The van der Waals surface area contributed by atoms with Crippen LogP contribution < -0.4 is 15.4 Å². The van der Waals surface area contributed by atoms with Gasteiger partial charge in [-0.1, -0.05) is 11.3 Å². The van der Waals surface area contributed by atoms with Crippen molar-refractivity contribution in [1.82, 2.24) is 20.6 Å². The molecule has 5 rings (SSSR count). The number of pyridine rings is 1. The van der Waals surface area contributed by atoms with Crippen molar-refractivity contribution in [3.05, 3.63) is 52.2 Å². The van der Waals surface area contributed by atoms with Gasteiger partial charge in [0.2, 0.25) is 5.91 Å². The fraction of sp³-hybridized carbons (Fsp3) is 0.417. The van der Waals surface area contributed by atoms with E-state index in [9.17, 15) is 27.2 Å². The number of nitrogens with one attached hydrogen (secondary N) is 2. The molecular weight excluding hydrogens is 519 g/mol. The molecule has 1 saturated carbocycles. The highest BCUT2D eigenvalue weighted by Gasteiger charge is 2.64. The third-order valence-electron chi connectivity index (χ3n) is 6.72. The number of nitrogens with zero attached hydrogens (tertiary/aromatic N) is 2. The predicted molar refractivity (Wildman–Crippen MR) is 123 cm³/mol. The van der Waals surface area contributed by atoms with Crippen molar-refractivity contribution in [3.63, 3.8) is 0 Å². The Morgan fingerprint density at radius 1 is 1.19 bits per heavy atom. The molecule has 3 heterocycles. The van der Waals surface area contributed by atoms with E-state index in [1.54, 1.807) is 0 Å². The molecule has 2 aromatic heterocycles. The SMILES string of the molecule is O=C(NC(=O)C1CCNCC1)c1c(F)ccc(OCc2nc3cc(C4(C(F)(F)F)CC4)cnc3s2)c1F. The van der Waals surface area contributed by atoms with Crippen LogP contribution in [0.1, 0.15) is 46.6 Å². The van der Waals surface area contributed by atoms with E-state index in [1.165, 1.54) is 12.3 Å². The molecule has 13 heteroatoms. The van der Waals surface area contributed by atoms with Crippen molar-refractivity contribution >= 4 is 33.5 Å². The molecule has 0 atom stereocenters. The number of alkyl halides is 3. The van der Waals surface area contributed by atoms with E-state index in [0.717, 1.165) is 23.5 Å². The topological polar surface area (TPSA) is 93.2 Å². The van der Waals surface area contributed by atoms with E-state index < -0.39 is 52.3 Å². The lowest BCUT2D eigenvalue weighted by molar-refractivity contribution is -0.160. The van der Waals surface area contributed by atoms with Gasteiger partial charge in [-0.25, -0.2) is 18.7 Å². The lowest BCUT2D eigenvalue weighted by Crippen LogP contribution is -2.41. The summed E-state index contributed by atoms with van der Waals surface area (Å²) in [5.74, 6) is -5.12. The Bertz CT molecular complexity index is 1370. The normalized spacial score (nSPS) is 17.5. The maximum Gasteiger partial charge on any atom is 0.398 e. The first kappa shape index (κ1) is 25.5. The van der Waals surface area contributed by atoms with Crippen LogP contribution in [0.5, 0.6) is 5.75 Å². The van der Waals surface area contributed by atoms with Gasteiger partial charge >= 0.3 is 6.18 Å². The van der Waals surface area contributed by atoms with E-state index in [0.29, 0.717) is 35.8 Å². The minimum Gasteiger partial charge on any atom is -0.483 e. The number of hydrogen-bond donors (Lipinski definition) is 2. The molecule has 1 aliphatic carbocycles. The highest BCUT2D eigenvalue weighted by Crippen LogP contribution is 2.59. The fourth-order valence-electron chi connectivity index (χ4n) is 4.41. The summed E-state index contributed by atoms with van der Waals surface area (Å²) in [6.45, 7) is 0.909. The second kappa shape index (κ2) is 9.60. The number of thiazole rings is 1. The molecule has 2 amide bonds. The zero-order chi connectivity index (χ0) is 26.4. The molecule has 7 nitrogen and oxygen atoms in total. The number of amides is 2. The van der Waals surface area contributed by atoms with E-state index in [4.69, 9.17) is 4.74 Å². The minimum atomic E-state index is -4.38. The van der Waals surface area contributed by atoms with Gasteiger partial charge in [0.15, 0.2) is 11.6 Å². The number of ether oxygens (including phenoxy) is 1. The molecule has 1 aromatic carbocycles. The summed E-state index contributed by atoms with van der Waals surface area (Å²) in [5, 5.41) is 5.44. The maximum atomic E-state index is 15.0. The number of aromatic nitrogens is 2. The molecule has 2 fully saturated rings. The predicted octanol–water partition coefficient (Wildman–Crippen LogP) is 4.40. The van der Waals surface area contributed by atoms with Crippen molar-refractivity contribution in [3.8, 4) is 5.75 Å². The van der Waals surface area contributed by atoms with Crippen LogP contribution in [-0.4, -0.2) is 41.0 Å². The van der Waals surface area contributed by atoms with Gasteiger partial charge in [-0.15, -0.1) is 0 Å². The molecule has 2 N–H and O–H groups in total. The number of hydrogen-bond acceptors (Lipinski definition) is 7. The van der Waals surface area contributed by atoms with Gasteiger partial charge in [-0.05, 0) is 62.5 Å². The van der Waals surface area contributed by atoms with Crippen molar-refractivity contribution in [2.75, 3.05) is 13.1 Å². The monoisotopic (exact) mass is 540 g/mol. The molecule has 1 aliphatic heterocycles. The van der Waals surface area contributed by atoms with Gasteiger partial charge in [-0.3, -0.25) is 14.9 Å². The zero-order valence-corrected chi connectivity index (χ0v) is 20.1. The third kappa shape index (κ3) is 4.89. The largest absolute Gasteiger partial charge is 0.483 e. The fourth-order valence-corrected chi connectivity index (χ4v) is 5.20. The summed E-state index contributed by atoms with van der Waals surface area (Å²) in [5.41, 5.74) is -2.53. The number of rotatable bonds is 6. The average molecular weight is 541 g/mol. The molecule has 3 aromatic rings. The van der Waals surface area contributed by atoms with Crippen LogP contribution in [0.3, 0.4) is 0 Å². The summed E-state index contributed by atoms with van der Waals surface area (Å²) in [4.78, 5) is 33.5. The van der Waals surface area contributed by atoms with Gasteiger partial charge in [-0.2, -0.15) is 13.2 Å². The van der Waals surface area contributed by atoms with E-state index >= 15 is 4.39 Å². The summed E-state index contributed by atoms with van der Waals surface area (Å²) < 4.78 is 75.0. The van der Waals surface area contributed by atoms with Gasteiger partial charge < -0.3 is 10.1 Å². The second-order valence-electron chi connectivity index (χ2n) is 9.10. The number of carbonyl (C=O) groups excluding carboxylic acids is 2. The Balaban J connectivity index is 1.30. The molecule has 0 radical (unpaired) electrons. The molecule has 0 bridgehead atoms. The molecule has 0 unspecified atom stereocenters. The Hall–Kier alpha value is -3.19. The number of halogens is 5. The molecule has 1 saturated heterocycles. The Morgan fingerprint density at radius 3 is 2.59 bits per heavy atom. The van der Waals surface area contributed by atoms with Gasteiger partial charge in [0.25, 0.3) is 5.91 Å². The number of benzene rings is 1. The molecule has 196 valence electrons. The van der Waals surface area contributed by atoms with Crippen LogP contribution >= 0.6 is 11.3 Å². The Labute approximate surface area is 211 Å². The molecule has 0 spiro atoms. The molecular formula is C24H21F5N4O3S. The number of piperidine rings is 1. The van der Waals surface area contributed by atoms with E-state index in [2.05, 4.69) is 20.6 Å². The summed E-state index contributed by atoms with van der Waals surface area (Å²) in [7, 11) is 0. The number of fused-ring (bicyclic) bond motifs is 1.